The molecule has 2 rings (SSSR count). The molecule has 3 heteroatoms. The Hall–Kier alpha value is -1.64. The summed E-state index contributed by atoms with van der Waals surface area (Å²) in [7, 11) is 0. The lowest BCUT2D eigenvalue weighted by Crippen LogP contribution is -1.92. The average molecular weight is 174 g/mol. The average Bonchev–Trinajstić information content (AvgIpc) is 2.58. The fraction of sp³-hybridized carbons (Fsp3) is 0.200. The molecular weight excluding hydrogens is 164 g/mol. The first-order chi connectivity index (χ1) is 6.33. The van der Waals surface area contributed by atoms with E-state index in [9.17, 15) is 4.79 Å². The van der Waals surface area contributed by atoms with E-state index in [1.54, 1.807) is 12.1 Å². The van der Waals surface area contributed by atoms with Crippen LogP contribution >= 0.6 is 0 Å². The molecule has 0 bridgehead atoms. The Kier molecular flexibility index (Phi) is 1.85. The van der Waals surface area contributed by atoms with Crippen molar-refractivity contribution in [1.29, 1.82) is 0 Å². The number of aryl methyl sites for hydroxylation is 1. The third kappa shape index (κ3) is 1.33. The van der Waals surface area contributed by atoms with E-state index in [0.29, 0.717) is 5.56 Å². The van der Waals surface area contributed by atoms with Gasteiger partial charge in [-0.3, -0.25) is 9.48 Å². The molecule has 0 aliphatic carbocycles. The minimum Gasteiger partial charge on any atom is -0.298 e. The molecule has 0 fully saturated rings. The summed E-state index contributed by atoms with van der Waals surface area (Å²) < 4.78 is 1.86. The topological polar surface area (TPSA) is 34.9 Å². The molecule has 1 aromatic carbocycles. The van der Waals surface area contributed by atoms with Crippen molar-refractivity contribution in [3.8, 4) is 0 Å². The molecule has 0 amide bonds. The molecule has 2 aromatic rings. The molecular formula is C10H10N2O. The Labute approximate surface area is 76.0 Å². The Morgan fingerprint density at radius 3 is 3.08 bits per heavy atom. The highest BCUT2D eigenvalue weighted by Gasteiger charge is 1.99. The predicted octanol–water partition coefficient (Wildman–Crippen LogP) is 1.87. The van der Waals surface area contributed by atoms with Crippen LogP contribution in [0.15, 0.2) is 24.4 Å². The summed E-state index contributed by atoms with van der Waals surface area (Å²) in [4.78, 5) is 10.5. The number of nitrogens with zero attached hydrogens (tertiary/aromatic N) is 2. The number of hydrogen-bond donors (Lipinski definition) is 0. The molecule has 1 aromatic heterocycles. The monoisotopic (exact) mass is 174 g/mol. The van der Waals surface area contributed by atoms with Gasteiger partial charge < -0.3 is 0 Å². The molecule has 13 heavy (non-hydrogen) atoms. The maximum Gasteiger partial charge on any atom is 0.150 e. The van der Waals surface area contributed by atoms with Crippen LogP contribution in [0.2, 0.25) is 0 Å². The number of carbonyl (C=O) groups excluding carboxylic acids is 1. The van der Waals surface area contributed by atoms with Crippen LogP contribution in [0.3, 0.4) is 0 Å². The van der Waals surface area contributed by atoms with Crippen LogP contribution < -0.4 is 0 Å². The van der Waals surface area contributed by atoms with Gasteiger partial charge in [-0.15, -0.1) is 0 Å². The number of benzene rings is 1. The summed E-state index contributed by atoms with van der Waals surface area (Å²) in [5.41, 5.74) is 1.56. The molecule has 0 atom stereocenters. The van der Waals surface area contributed by atoms with Crippen LogP contribution in [0.4, 0.5) is 0 Å². The summed E-state index contributed by atoms with van der Waals surface area (Å²) in [6.07, 6.45) is 2.81. The first-order valence-corrected chi connectivity index (χ1v) is 4.26. The zero-order valence-corrected chi connectivity index (χ0v) is 7.40. The molecule has 3 nitrogen and oxygen atoms in total. The maximum absolute atomic E-state index is 10.5. The van der Waals surface area contributed by atoms with Gasteiger partial charge in [0.25, 0.3) is 0 Å². The van der Waals surface area contributed by atoms with E-state index >= 15 is 0 Å². The van der Waals surface area contributed by atoms with Gasteiger partial charge in [-0.05, 0) is 13.0 Å². The number of fused-ring (bicyclic) bond motifs is 1. The van der Waals surface area contributed by atoms with Gasteiger partial charge in [0, 0.05) is 23.7 Å². The van der Waals surface area contributed by atoms with Crippen molar-refractivity contribution in [3.63, 3.8) is 0 Å². The first kappa shape index (κ1) is 7.98. The van der Waals surface area contributed by atoms with E-state index in [2.05, 4.69) is 5.10 Å². The molecule has 66 valence electrons. The molecule has 0 spiro atoms. The van der Waals surface area contributed by atoms with Gasteiger partial charge in [-0.1, -0.05) is 12.1 Å². The lowest BCUT2D eigenvalue weighted by atomic mass is 10.2. The number of rotatable bonds is 2. The predicted molar refractivity (Wildman–Crippen MR) is 50.8 cm³/mol. The van der Waals surface area contributed by atoms with E-state index in [4.69, 9.17) is 0 Å². The van der Waals surface area contributed by atoms with Crippen LogP contribution in [-0.2, 0) is 6.54 Å². The van der Waals surface area contributed by atoms with Crippen molar-refractivity contribution in [2.75, 3.05) is 0 Å². The van der Waals surface area contributed by atoms with Crippen molar-refractivity contribution < 1.29 is 4.79 Å². The maximum atomic E-state index is 10.5. The number of carbonyl (C=O) groups is 1. The Morgan fingerprint density at radius 1 is 1.54 bits per heavy atom. The summed E-state index contributed by atoms with van der Waals surface area (Å²) in [6, 6.07) is 5.52. The second kappa shape index (κ2) is 3.01. The molecule has 0 saturated carbocycles. The zero-order chi connectivity index (χ0) is 9.26. The van der Waals surface area contributed by atoms with Crippen LogP contribution in [0.25, 0.3) is 10.9 Å². The quantitative estimate of drug-likeness (QED) is 0.651. The molecule has 1 heterocycles. The molecule has 0 radical (unpaired) electrons. The molecule has 0 aliphatic rings. The van der Waals surface area contributed by atoms with Crippen LogP contribution in [0, 0.1) is 0 Å². The number of aldehydes is 1. The van der Waals surface area contributed by atoms with Crippen molar-refractivity contribution in [3.05, 3.63) is 30.0 Å². The van der Waals surface area contributed by atoms with Gasteiger partial charge in [0.05, 0.1) is 5.52 Å². The van der Waals surface area contributed by atoms with E-state index in [-0.39, 0.29) is 0 Å². The van der Waals surface area contributed by atoms with Crippen molar-refractivity contribution >= 4 is 17.2 Å². The van der Waals surface area contributed by atoms with Crippen molar-refractivity contribution in [1.82, 2.24) is 9.78 Å². The summed E-state index contributed by atoms with van der Waals surface area (Å²) >= 11 is 0. The van der Waals surface area contributed by atoms with E-state index in [0.717, 1.165) is 23.7 Å². The Morgan fingerprint density at radius 2 is 2.38 bits per heavy atom. The fourth-order valence-electron chi connectivity index (χ4n) is 1.32. The summed E-state index contributed by atoms with van der Waals surface area (Å²) in [6.45, 7) is 2.89. The lowest BCUT2D eigenvalue weighted by Gasteiger charge is -1.89. The fourth-order valence-corrected chi connectivity index (χ4v) is 1.32. The molecule has 0 saturated heterocycles. The minimum atomic E-state index is 0.675. The van der Waals surface area contributed by atoms with Gasteiger partial charge in [-0.2, -0.15) is 5.10 Å². The van der Waals surface area contributed by atoms with Gasteiger partial charge in [0.1, 0.15) is 6.29 Å². The van der Waals surface area contributed by atoms with Gasteiger partial charge in [-0.25, -0.2) is 0 Å². The Bertz CT molecular complexity index is 445. The van der Waals surface area contributed by atoms with Gasteiger partial charge in [0.2, 0.25) is 0 Å². The standard InChI is InChI=1S/C10H10N2O/c1-2-12-6-9-4-3-8(7-13)5-10(9)11-12/h3-7H,2H2,1H3. The molecule has 0 aliphatic heterocycles. The first-order valence-electron chi connectivity index (χ1n) is 4.26. The van der Waals surface area contributed by atoms with E-state index < -0.39 is 0 Å². The highest BCUT2D eigenvalue weighted by atomic mass is 16.1. The minimum absolute atomic E-state index is 0.675. The third-order valence-electron chi connectivity index (χ3n) is 2.04. The van der Waals surface area contributed by atoms with Crippen LogP contribution in [-0.4, -0.2) is 16.1 Å². The zero-order valence-electron chi connectivity index (χ0n) is 7.40. The van der Waals surface area contributed by atoms with Crippen molar-refractivity contribution in [2.24, 2.45) is 0 Å². The number of aromatic nitrogens is 2. The van der Waals surface area contributed by atoms with Crippen molar-refractivity contribution in [2.45, 2.75) is 13.5 Å². The highest BCUT2D eigenvalue weighted by molar-refractivity contribution is 5.86. The smallest absolute Gasteiger partial charge is 0.150 e. The van der Waals surface area contributed by atoms with Crippen LogP contribution in [0.5, 0.6) is 0 Å². The molecule has 0 unspecified atom stereocenters. The highest BCUT2D eigenvalue weighted by Crippen LogP contribution is 2.13. The van der Waals surface area contributed by atoms with E-state index in [1.807, 2.05) is 23.9 Å². The summed E-state index contributed by atoms with van der Waals surface area (Å²) in [5, 5.41) is 5.37. The Balaban J connectivity index is 2.63. The number of hydrogen-bond acceptors (Lipinski definition) is 2. The normalized spacial score (nSPS) is 10.5. The van der Waals surface area contributed by atoms with E-state index in [1.165, 1.54) is 0 Å². The lowest BCUT2D eigenvalue weighted by molar-refractivity contribution is 0.112. The largest absolute Gasteiger partial charge is 0.298 e. The van der Waals surface area contributed by atoms with Gasteiger partial charge >= 0.3 is 0 Å². The second-order valence-electron chi connectivity index (χ2n) is 2.92. The summed E-state index contributed by atoms with van der Waals surface area (Å²) in [5.74, 6) is 0. The SMILES string of the molecule is CCn1cc2ccc(C=O)cc2n1. The third-order valence-corrected chi connectivity index (χ3v) is 2.04. The van der Waals surface area contributed by atoms with Gasteiger partial charge in [0.15, 0.2) is 0 Å². The second-order valence-corrected chi connectivity index (χ2v) is 2.92. The van der Waals surface area contributed by atoms with Crippen LogP contribution in [0.1, 0.15) is 17.3 Å². The molecule has 0 N–H and O–H groups in total.